The second-order valence-electron chi connectivity index (χ2n) is 7.13. The van der Waals surface area contributed by atoms with Crippen molar-refractivity contribution in [2.24, 2.45) is 5.73 Å². The number of hydrogen-bond acceptors (Lipinski definition) is 9. The highest BCUT2D eigenvalue weighted by Gasteiger charge is 2.20. The number of aromatic nitrogens is 1. The number of hydrogen-bond donors (Lipinski definition) is 5. The highest BCUT2D eigenvalue weighted by atomic mass is 32.2. The Morgan fingerprint density at radius 1 is 1.30 bits per heavy atom. The second-order valence-corrected chi connectivity index (χ2v) is 8.48. The van der Waals surface area contributed by atoms with Crippen molar-refractivity contribution in [1.29, 1.82) is 0 Å². The van der Waals surface area contributed by atoms with Crippen LogP contribution in [0.15, 0.2) is 36.4 Å². The van der Waals surface area contributed by atoms with E-state index in [2.05, 4.69) is 28.2 Å². The molecule has 5 N–H and O–H groups in total. The molecule has 0 saturated carbocycles. The quantitative estimate of drug-likeness (QED) is 0.250. The van der Waals surface area contributed by atoms with Crippen molar-refractivity contribution in [1.82, 2.24) is 10.3 Å². The molecule has 0 aliphatic rings. The van der Waals surface area contributed by atoms with Gasteiger partial charge in [0.2, 0.25) is 5.88 Å². The Morgan fingerprint density at radius 2 is 2.09 bits per heavy atom. The molecule has 180 valence electrons. The molecule has 0 saturated heterocycles. The average molecular weight is 495 g/mol. The Hall–Kier alpha value is -2.63. The number of thiol groups is 1. The number of pyridine rings is 1. The molecule has 1 amide bonds. The molecular weight excluding hydrogens is 464 g/mol. The van der Waals surface area contributed by atoms with Crippen LogP contribution in [0.1, 0.15) is 6.42 Å². The number of methoxy groups -OCH3 is 1. The molecule has 0 fully saturated rings. The number of carboxylic acid groups (broad SMARTS) is 1. The standard InChI is InChI=1S/C22H30N4O5S2/c1-30-16-5-3-4-14(10-16)17-6-7-18(24-11-15(23)13-32)21(26-17)31-12-20(27)25-19(22(28)29)8-9-33-2/h3-7,10,15,19,24,32H,8-9,11-13,23H2,1-2H3,(H,25,27)(H,28,29). The van der Waals surface area contributed by atoms with Gasteiger partial charge in [-0.05, 0) is 42.7 Å². The van der Waals surface area contributed by atoms with E-state index < -0.39 is 17.9 Å². The van der Waals surface area contributed by atoms with Gasteiger partial charge in [-0.3, -0.25) is 4.79 Å². The number of nitrogens with two attached hydrogens (primary N) is 1. The Balaban J connectivity index is 2.19. The summed E-state index contributed by atoms with van der Waals surface area (Å²) in [6.45, 7) is 0.0485. The fourth-order valence-electron chi connectivity index (χ4n) is 2.80. The Labute approximate surface area is 203 Å². The maximum absolute atomic E-state index is 12.4. The van der Waals surface area contributed by atoms with E-state index in [-0.39, 0.29) is 18.5 Å². The van der Waals surface area contributed by atoms with Crippen LogP contribution < -0.4 is 25.8 Å². The van der Waals surface area contributed by atoms with Crippen molar-refractivity contribution in [2.45, 2.75) is 18.5 Å². The van der Waals surface area contributed by atoms with Crippen molar-refractivity contribution in [3.63, 3.8) is 0 Å². The van der Waals surface area contributed by atoms with Crippen LogP contribution in [0.25, 0.3) is 11.3 Å². The number of aliphatic carboxylic acids is 1. The van der Waals surface area contributed by atoms with E-state index in [1.807, 2.05) is 36.6 Å². The van der Waals surface area contributed by atoms with Gasteiger partial charge in [0.15, 0.2) is 6.61 Å². The van der Waals surface area contributed by atoms with Crippen molar-refractivity contribution >= 4 is 42.0 Å². The first-order valence-electron chi connectivity index (χ1n) is 10.3. The Kier molecular flexibility index (Phi) is 11.1. The molecule has 2 aromatic rings. The number of carbonyl (C=O) groups excluding carboxylic acids is 1. The minimum absolute atomic E-state index is 0.185. The van der Waals surface area contributed by atoms with Crippen LogP contribution in [0, 0.1) is 0 Å². The zero-order valence-electron chi connectivity index (χ0n) is 18.6. The van der Waals surface area contributed by atoms with Gasteiger partial charge in [-0.15, -0.1) is 0 Å². The first kappa shape index (κ1) is 26.6. The summed E-state index contributed by atoms with van der Waals surface area (Å²) in [6, 6.07) is 9.85. The van der Waals surface area contributed by atoms with Crippen molar-refractivity contribution < 1.29 is 24.2 Å². The largest absolute Gasteiger partial charge is 0.497 e. The summed E-state index contributed by atoms with van der Waals surface area (Å²) in [7, 11) is 1.58. The molecule has 1 heterocycles. The van der Waals surface area contributed by atoms with E-state index in [1.54, 1.807) is 13.2 Å². The number of nitrogens with one attached hydrogen (secondary N) is 2. The lowest BCUT2D eigenvalue weighted by molar-refractivity contribution is -0.142. The summed E-state index contributed by atoms with van der Waals surface area (Å²) < 4.78 is 11.0. The van der Waals surface area contributed by atoms with Gasteiger partial charge in [0.1, 0.15) is 11.8 Å². The number of ether oxygens (including phenoxy) is 2. The zero-order chi connectivity index (χ0) is 24.2. The van der Waals surface area contributed by atoms with Gasteiger partial charge in [-0.2, -0.15) is 24.4 Å². The number of thioether (sulfide) groups is 1. The molecule has 9 nitrogen and oxygen atoms in total. The molecule has 11 heteroatoms. The molecular formula is C22H30N4O5S2. The number of carboxylic acids is 1. The molecule has 1 aromatic heterocycles. The molecule has 1 aromatic carbocycles. The number of rotatable bonds is 14. The van der Waals surface area contributed by atoms with Crippen molar-refractivity contribution in [3.05, 3.63) is 36.4 Å². The van der Waals surface area contributed by atoms with E-state index in [0.717, 1.165) is 5.56 Å². The Morgan fingerprint density at radius 3 is 2.76 bits per heavy atom. The van der Waals surface area contributed by atoms with Crippen LogP contribution in [0.2, 0.25) is 0 Å². The molecule has 2 unspecified atom stereocenters. The highest BCUT2D eigenvalue weighted by molar-refractivity contribution is 7.98. The SMILES string of the molecule is COc1cccc(-c2ccc(NCC(N)CS)c(OCC(=O)NC(CCSC)C(=O)O)n2)c1. The number of nitrogens with zero attached hydrogens (tertiary/aromatic N) is 1. The van der Waals surface area contributed by atoms with Crippen LogP contribution in [0.4, 0.5) is 5.69 Å². The number of amides is 1. The second kappa shape index (κ2) is 13.8. The van der Waals surface area contributed by atoms with Crippen LogP contribution in [-0.4, -0.2) is 72.1 Å². The highest BCUT2D eigenvalue weighted by Crippen LogP contribution is 2.29. The third kappa shape index (κ3) is 8.67. The zero-order valence-corrected chi connectivity index (χ0v) is 20.3. The van der Waals surface area contributed by atoms with E-state index in [1.165, 1.54) is 11.8 Å². The minimum atomic E-state index is -1.08. The van der Waals surface area contributed by atoms with Crippen LogP contribution in [0.3, 0.4) is 0 Å². The van der Waals surface area contributed by atoms with Crippen LogP contribution in [0.5, 0.6) is 11.6 Å². The molecule has 0 aliphatic carbocycles. The summed E-state index contributed by atoms with van der Waals surface area (Å²) in [5, 5.41) is 15.0. The van der Waals surface area contributed by atoms with Crippen molar-refractivity contribution in [2.75, 3.05) is 43.3 Å². The first-order valence-corrected chi connectivity index (χ1v) is 12.3. The number of anilines is 1. The maximum Gasteiger partial charge on any atom is 0.326 e. The topological polar surface area (TPSA) is 136 Å². The molecule has 33 heavy (non-hydrogen) atoms. The van der Waals surface area contributed by atoms with Gasteiger partial charge < -0.3 is 30.9 Å². The van der Waals surface area contributed by atoms with E-state index >= 15 is 0 Å². The average Bonchev–Trinajstić information content (AvgIpc) is 2.83. The predicted molar refractivity (Wildman–Crippen MR) is 135 cm³/mol. The van der Waals surface area contributed by atoms with Gasteiger partial charge >= 0.3 is 5.97 Å². The Bertz CT molecular complexity index is 931. The fourth-order valence-corrected chi connectivity index (χ4v) is 3.40. The maximum atomic E-state index is 12.4. The molecule has 0 spiro atoms. The summed E-state index contributed by atoms with van der Waals surface area (Å²) in [4.78, 5) is 28.3. The molecule has 0 bridgehead atoms. The predicted octanol–water partition coefficient (Wildman–Crippen LogP) is 2.13. The summed E-state index contributed by atoms with van der Waals surface area (Å²) in [6.07, 6.45) is 2.19. The van der Waals surface area contributed by atoms with Gasteiger partial charge in [0.25, 0.3) is 5.91 Å². The third-order valence-electron chi connectivity index (χ3n) is 4.60. The van der Waals surface area contributed by atoms with Gasteiger partial charge in [0, 0.05) is 23.9 Å². The van der Waals surface area contributed by atoms with Crippen LogP contribution in [-0.2, 0) is 9.59 Å². The lowest BCUT2D eigenvalue weighted by Crippen LogP contribution is -2.43. The van der Waals surface area contributed by atoms with Crippen LogP contribution >= 0.6 is 24.4 Å². The molecule has 0 aliphatic heterocycles. The van der Waals surface area contributed by atoms with Gasteiger partial charge in [-0.1, -0.05) is 12.1 Å². The van der Waals surface area contributed by atoms with Gasteiger partial charge in [-0.25, -0.2) is 9.78 Å². The van der Waals surface area contributed by atoms with E-state index in [0.29, 0.717) is 41.6 Å². The molecule has 2 rings (SSSR count). The monoisotopic (exact) mass is 494 g/mol. The molecule has 0 radical (unpaired) electrons. The molecule has 2 atom stereocenters. The van der Waals surface area contributed by atoms with Gasteiger partial charge in [0.05, 0.1) is 18.5 Å². The number of carbonyl (C=O) groups is 2. The summed E-state index contributed by atoms with van der Waals surface area (Å²) in [5.41, 5.74) is 7.93. The normalized spacial score (nSPS) is 12.5. The van der Waals surface area contributed by atoms with E-state index in [4.69, 9.17) is 15.2 Å². The smallest absolute Gasteiger partial charge is 0.326 e. The van der Waals surface area contributed by atoms with E-state index in [9.17, 15) is 14.7 Å². The fraction of sp³-hybridized carbons (Fsp3) is 0.409. The minimum Gasteiger partial charge on any atom is -0.497 e. The number of benzene rings is 1. The lowest BCUT2D eigenvalue weighted by atomic mass is 10.1. The summed E-state index contributed by atoms with van der Waals surface area (Å²) in [5.74, 6) is 0.361. The first-order chi connectivity index (χ1) is 15.9. The summed E-state index contributed by atoms with van der Waals surface area (Å²) >= 11 is 5.69. The third-order valence-corrected chi connectivity index (χ3v) is 5.71. The van der Waals surface area contributed by atoms with Crippen molar-refractivity contribution in [3.8, 4) is 22.9 Å². The lowest BCUT2D eigenvalue weighted by Gasteiger charge is -2.17.